The summed E-state index contributed by atoms with van der Waals surface area (Å²) in [5.41, 5.74) is 0. The molecule has 0 heterocycles. The highest BCUT2D eigenvalue weighted by atomic mass is 31.2. The van der Waals surface area contributed by atoms with Gasteiger partial charge in [-0.15, -0.1) is 0 Å². The predicted molar refractivity (Wildman–Crippen MR) is 43.6 cm³/mol. The molecule has 0 rings (SSSR count). The molecule has 0 saturated carbocycles. The maximum atomic E-state index is 12.4. The third-order valence-corrected chi connectivity index (χ3v) is 2.66. The van der Waals surface area contributed by atoms with Crippen LogP contribution in [0, 0.1) is 0 Å². The average molecular weight is 344 g/mol. The molecule has 0 fully saturated rings. The molecule has 3 unspecified atom stereocenters. The Kier molecular flexibility index (Phi) is 7.84. The fraction of sp³-hybridized carbons (Fsp3) is 1.00. The summed E-state index contributed by atoms with van der Waals surface area (Å²) in [4.78, 5) is 0. The van der Waals surface area contributed by atoms with Gasteiger partial charge in [0.25, 0.3) is 38.3 Å². The lowest BCUT2D eigenvalue weighted by atomic mass is 10.7. The van der Waals surface area contributed by atoms with Crippen molar-refractivity contribution in [3.63, 3.8) is 0 Å². The molecule has 0 aliphatic heterocycles. The monoisotopic (exact) mass is 344 g/mol. The zero-order valence-electron chi connectivity index (χ0n) is 8.95. The SMILES string of the molecule is O=P(OC(F)C(F)F)(OC(F)C(F)F)OC(F)C(F)F. The van der Waals surface area contributed by atoms with Crippen molar-refractivity contribution in [1.82, 2.24) is 0 Å². The van der Waals surface area contributed by atoms with Gasteiger partial charge in [0.2, 0.25) is 0 Å². The molecule has 0 aliphatic rings. The topological polar surface area (TPSA) is 44.8 Å². The summed E-state index contributed by atoms with van der Waals surface area (Å²) in [5, 5.41) is 0. The van der Waals surface area contributed by atoms with Crippen LogP contribution in [-0.4, -0.2) is 38.3 Å². The first-order chi connectivity index (χ1) is 8.98. The van der Waals surface area contributed by atoms with Crippen LogP contribution < -0.4 is 0 Å². The van der Waals surface area contributed by atoms with E-state index < -0.39 is 46.2 Å². The summed E-state index contributed by atoms with van der Waals surface area (Å²) in [6.07, 6.45) is -23.6. The summed E-state index contributed by atoms with van der Waals surface area (Å²) in [6.45, 7) is 0. The highest BCUT2D eigenvalue weighted by Gasteiger charge is 2.44. The normalized spacial score (nSPS) is 20.2. The van der Waals surface area contributed by atoms with E-state index in [9.17, 15) is 44.1 Å². The van der Waals surface area contributed by atoms with E-state index in [0.717, 1.165) is 0 Å². The lowest BCUT2D eigenvalue weighted by molar-refractivity contribution is -0.146. The van der Waals surface area contributed by atoms with Gasteiger partial charge in [-0.2, -0.15) is 0 Å². The van der Waals surface area contributed by atoms with Crippen molar-refractivity contribution in [3.8, 4) is 0 Å². The third-order valence-electron chi connectivity index (χ3n) is 1.28. The average Bonchev–Trinajstić information content (AvgIpc) is 2.27. The Morgan fingerprint density at radius 3 is 0.900 bits per heavy atom. The molecule has 0 aromatic carbocycles. The molecule has 0 N–H and O–H groups in total. The van der Waals surface area contributed by atoms with Gasteiger partial charge in [0.1, 0.15) is 0 Å². The van der Waals surface area contributed by atoms with Gasteiger partial charge in [-0.25, -0.2) is 57.7 Å². The summed E-state index contributed by atoms with van der Waals surface area (Å²) in [5.74, 6) is 0. The van der Waals surface area contributed by atoms with Crippen LogP contribution in [0.3, 0.4) is 0 Å². The molecule has 0 bridgehead atoms. The van der Waals surface area contributed by atoms with Crippen molar-refractivity contribution in [2.24, 2.45) is 0 Å². The van der Waals surface area contributed by atoms with Crippen LogP contribution in [0.4, 0.5) is 39.5 Å². The summed E-state index contributed by atoms with van der Waals surface area (Å²) in [7, 11) is -6.11. The van der Waals surface area contributed by atoms with E-state index in [0.29, 0.717) is 0 Å². The van der Waals surface area contributed by atoms with Crippen LogP contribution >= 0.6 is 7.82 Å². The Hall–Kier alpha value is -0.520. The van der Waals surface area contributed by atoms with Gasteiger partial charge in [-0.05, 0) is 0 Å². The number of rotatable bonds is 9. The number of halogens is 9. The third kappa shape index (κ3) is 6.77. The van der Waals surface area contributed by atoms with Crippen molar-refractivity contribution in [1.29, 1.82) is 0 Å². The lowest BCUT2D eigenvalue weighted by Crippen LogP contribution is -2.24. The summed E-state index contributed by atoms with van der Waals surface area (Å²) in [6, 6.07) is 0. The van der Waals surface area contributed by atoms with Gasteiger partial charge in [0.05, 0.1) is 0 Å². The van der Waals surface area contributed by atoms with Gasteiger partial charge in [-0.1, -0.05) is 0 Å². The number of hydrogen-bond donors (Lipinski definition) is 0. The van der Waals surface area contributed by atoms with Crippen LogP contribution in [0.1, 0.15) is 0 Å². The second kappa shape index (κ2) is 8.05. The Balaban J connectivity index is 4.97. The molecule has 14 heteroatoms. The maximum absolute atomic E-state index is 12.4. The Labute approximate surface area is 105 Å². The lowest BCUT2D eigenvalue weighted by Gasteiger charge is -2.22. The number of phosphoric acid groups is 1. The van der Waals surface area contributed by atoms with Gasteiger partial charge in [0.15, 0.2) is 0 Å². The van der Waals surface area contributed by atoms with E-state index in [2.05, 4.69) is 13.6 Å². The van der Waals surface area contributed by atoms with Gasteiger partial charge < -0.3 is 0 Å². The van der Waals surface area contributed by atoms with E-state index in [1.54, 1.807) is 0 Å². The van der Waals surface area contributed by atoms with Crippen LogP contribution in [0.5, 0.6) is 0 Å². The minimum Gasteiger partial charge on any atom is -0.245 e. The van der Waals surface area contributed by atoms with Crippen molar-refractivity contribution < 1.29 is 57.7 Å². The molecule has 4 nitrogen and oxygen atoms in total. The van der Waals surface area contributed by atoms with Crippen LogP contribution in [0.25, 0.3) is 0 Å². The highest BCUT2D eigenvalue weighted by molar-refractivity contribution is 7.48. The first-order valence-electron chi connectivity index (χ1n) is 4.40. The first kappa shape index (κ1) is 19.5. The minimum absolute atomic E-state index is 3.09. The number of hydrogen-bond acceptors (Lipinski definition) is 4. The molecular weight excluding hydrogens is 338 g/mol. The maximum Gasteiger partial charge on any atom is 0.483 e. The second-order valence-corrected chi connectivity index (χ2v) is 4.35. The van der Waals surface area contributed by atoms with Crippen LogP contribution in [0.15, 0.2) is 0 Å². The quantitative estimate of drug-likeness (QED) is 0.471. The summed E-state index contributed by atoms with van der Waals surface area (Å²) >= 11 is 0. The molecule has 0 amide bonds. The van der Waals surface area contributed by atoms with Crippen molar-refractivity contribution in [2.75, 3.05) is 0 Å². The van der Waals surface area contributed by atoms with Gasteiger partial charge in [-0.3, -0.25) is 0 Å². The van der Waals surface area contributed by atoms with E-state index in [-0.39, 0.29) is 0 Å². The van der Waals surface area contributed by atoms with Crippen molar-refractivity contribution in [3.05, 3.63) is 0 Å². The smallest absolute Gasteiger partial charge is 0.245 e. The van der Waals surface area contributed by atoms with E-state index in [4.69, 9.17) is 0 Å². The summed E-state index contributed by atoms with van der Waals surface area (Å²) < 4.78 is 128. The molecule has 0 radical (unpaired) electrons. The number of alkyl halides is 9. The van der Waals surface area contributed by atoms with Gasteiger partial charge in [0, 0.05) is 0 Å². The van der Waals surface area contributed by atoms with E-state index >= 15 is 0 Å². The molecule has 0 saturated heterocycles. The Morgan fingerprint density at radius 2 is 0.750 bits per heavy atom. The first-order valence-corrected chi connectivity index (χ1v) is 5.86. The Bertz CT molecular complexity index is 282. The van der Waals surface area contributed by atoms with Gasteiger partial charge >= 0.3 is 7.82 Å². The standard InChI is InChI=1S/C6H6F9O4P/c7-1(8)4(13)17-20(16,18-5(14)2(9)10)19-6(15)3(11)12/h1-6H. The van der Waals surface area contributed by atoms with E-state index in [1.165, 1.54) is 0 Å². The zero-order chi connectivity index (χ0) is 16.1. The fourth-order valence-corrected chi connectivity index (χ4v) is 1.75. The zero-order valence-corrected chi connectivity index (χ0v) is 9.84. The predicted octanol–water partition coefficient (Wildman–Crippen LogP) is 3.83. The van der Waals surface area contributed by atoms with Crippen molar-refractivity contribution in [2.45, 2.75) is 38.3 Å². The van der Waals surface area contributed by atoms with Crippen LogP contribution in [0.2, 0.25) is 0 Å². The Morgan fingerprint density at radius 1 is 0.550 bits per heavy atom. The molecule has 3 atom stereocenters. The second-order valence-electron chi connectivity index (χ2n) is 2.82. The highest BCUT2D eigenvalue weighted by Crippen LogP contribution is 2.54. The molecule has 0 spiro atoms. The largest absolute Gasteiger partial charge is 0.483 e. The van der Waals surface area contributed by atoms with E-state index in [1.807, 2.05) is 0 Å². The minimum atomic E-state index is -6.11. The molecule has 20 heavy (non-hydrogen) atoms. The molecule has 0 aliphatic carbocycles. The van der Waals surface area contributed by atoms with Crippen molar-refractivity contribution >= 4 is 7.82 Å². The number of phosphoric ester groups is 1. The van der Waals surface area contributed by atoms with Crippen LogP contribution in [-0.2, 0) is 18.1 Å². The molecule has 122 valence electrons. The fourth-order valence-electron chi connectivity index (χ4n) is 0.583. The molecule has 0 aromatic rings. The molecular formula is C6H6F9O4P. The molecule has 0 aromatic heterocycles.